The van der Waals surface area contributed by atoms with Gasteiger partial charge in [0.2, 0.25) is 0 Å². The fraction of sp³-hybridized carbons (Fsp3) is 0.737. The zero-order valence-electron chi connectivity index (χ0n) is 15.4. The van der Waals surface area contributed by atoms with Gasteiger partial charge >= 0.3 is 6.09 Å². The first-order valence-electron chi connectivity index (χ1n) is 9.73. The molecule has 140 valence electrons. The maximum atomic E-state index is 11.9. The zero-order valence-corrected chi connectivity index (χ0v) is 15.4. The van der Waals surface area contributed by atoms with E-state index in [1.54, 1.807) is 6.20 Å². The van der Waals surface area contributed by atoms with Crippen molar-refractivity contribution in [3.8, 4) is 6.07 Å². The maximum Gasteiger partial charge on any atom is 0.409 e. The van der Waals surface area contributed by atoms with Crippen molar-refractivity contribution in [2.24, 2.45) is 5.41 Å². The zero-order chi connectivity index (χ0) is 18.1. The largest absolute Gasteiger partial charge is 0.450 e. The highest BCUT2D eigenvalue weighted by Gasteiger charge is 2.51. The molecule has 0 atom stereocenters. The summed E-state index contributed by atoms with van der Waals surface area (Å²) in [5.74, 6) is 1.40. The summed E-state index contributed by atoms with van der Waals surface area (Å²) in [5.41, 5.74) is 0.882. The highest BCUT2D eigenvalue weighted by atomic mass is 16.6. The quantitative estimate of drug-likeness (QED) is 0.898. The third kappa shape index (κ3) is 3.18. The van der Waals surface area contributed by atoms with Crippen LogP contribution in [-0.4, -0.2) is 64.7 Å². The molecule has 1 aromatic heterocycles. The molecule has 7 heteroatoms. The molecule has 0 aromatic carbocycles. The number of rotatable bonds is 3. The Kier molecular flexibility index (Phi) is 4.62. The Balaban J connectivity index is 1.25. The SMILES string of the molecule is CCOC(=O)N1CCC2(CC(N3CCC(c4ncc(C#N)[nH]4)CC3)C2)C1. The number of carbonyl (C=O) groups is 1. The molecule has 7 nitrogen and oxygen atoms in total. The number of nitriles is 1. The van der Waals surface area contributed by atoms with E-state index in [2.05, 4.69) is 20.9 Å². The van der Waals surface area contributed by atoms with Crippen LogP contribution >= 0.6 is 0 Å². The van der Waals surface area contributed by atoms with Gasteiger partial charge in [0.25, 0.3) is 0 Å². The molecule has 26 heavy (non-hydrogen) atoms. The number of nitrogens with zero attached hydrogens (tertiary/aromatic N) is 4. The summed E-state index contributed by atoms with van der Waals surface area (Å²) in [6.45, 7) is 6.20. The number of nitrogens with one attached hydrogen (secondary N) is 1. The number of piperidine rings is 1. The van der Waals surface area contributed by atoms with Crippen LogP contribution in [0.5, 0.6) is 0 Å². The van der Waals surface area contributed by atoms with Crippen molar-refractivity contribution in [1.29, 1.82) is 5.26 Å². The van der Waals surface area contributed by atoms with Gasteiger partial charge in [0.1, 0.15) is 17.6 Å². The minimum Gasteiger partial charge on any atom is -0.450 e. The van der Waals surface area contributed by atoms with Crippen LogP contribution in [-0.2, 0) is 4.74 Å². The maximum absolute atomic E-state index is 11.9. The highest BCUT2D eigenvalue weighted by Crippen LogP contribution is 2.50. The van der Waals surface area contributed by atoms with Crippen LogP contribution in [0.4, 0.5) is 4.79 Å². The van der Waals surface area contributed by atoms with Gasteiger partial charge in [-0.2, -0.15) is 5.26 Å². The predicted molar refractivity (Wildman–Crippen MR) is 95.5 cm³/mol. The van der Waals surface area contributed by atoms with Gasteiger partial charge in [-0.05, 0) is 57.5 Å². The number of hydrogen-bond acceptors (Lipinski definition) is 5. The summed E-state index contributed by atoms with van der Waals surface area (Å²) in [4.78, 5) is 23.9. The van der Waals surface area contributed by atoms with E-state index in [-0.39, 0.29) is 6.09 Å². The van der Waals surface area contributed by atoms with Crippen molar-refractivity contribution in [2.45, 2.75) is 51.0 Å². The molecule has 0 bridgehead atoms. The van der Waals surface area contributed by atoms with E-state index in [0.29, 0.717) is 29.7 Å². The molecule has 1 N–H and O–H groups in total. The smallest absolute Gasteiger partial charge is 0.409 e. The van der Waals surface area contributed by atoms with Crippen molar-refractivity contribution in [2.75, 3.05) is 32.8 Å². The second kappa shape index (κ2) is 6.92. The number of likely N-dealkylation sites (tertiary alicyclic amines) is 2. The van der Waals surface area contributed by atoms with E-state index in [1.807, 2.05) is 11.8 Å². The molecular formula is C19H27N5O2. The van der Waals surface area contributed by atoms with E-state index < -0.39 is 0 Å². The molecule has 3 fully saturated rings. The first-order chi connectivity index (χ1) is 12.6. The van der Waals surface area contributed by atoms with Gasteiger partial charge in [-0.25, -0.2) is 9.78 Å². The van der Waals surface area contributed by atoms with E-state index in [0.717, 1.165) is 51.3 Å². The molecule has 2 saturated heterocycles. The van der Waals surface area contributed by atoms with Gasteiger partial charge in [-0.1, -0.05) is 0 Å². The summed E-state index contributed by atoms with van der Waals surface area (Å²) in [6.07, 6.45) is 7.19. The lowest BCUT2D eigenvalue weighted by molar-refractivity contribution is -0.00504. The summed E-state index contributed by atoms with van der Waals surface area (Å²) < 4.78 is 5.14. The molecule has 2 aliphatic heterocycles. The Morgan fingerprint density at radius 2 is 2.19 bits per heavy atom. The van der Waals surface area contributed by atoms with Crippen LogP contribution in [0, 0.1) is 16.7 Å². The second-order valence-electron chi connectivity index (χ2n) is 8.04. The van der Waals surface area contributed by atoms with E-state index in [4.69, 9.17) is 10.00 Å². The summed E-state index contributed by atoms with van der Waals surface area (Å²) in [5, 5.41) is 8.93. The molecule has 0 unspecified atom stereocenters. The first kappa shape index (κ1) is 17.3. The van der Waals surface area contributed by atoms with Crippen molar-refractivity contribution in [1.82, 2.24) is 19.8 Å². The lowest BCUT2D eigenvalue weighted by atomic mass is 9.64. The number of amides is 1. The Labute approximate surface area is 154 Å². The number of imidazole rings is 1. The van der Waals surface area contributed by atoms with Crippen LogP contribution in [0.2, 0.25) is 0 Å². The van der Waals surface area contributed by atoms with Gasteiger partial charge in [-0.15, -0.1) is 0 Å². The van der Waals surface area contributed by atoms with E-state index in [9.17, 15) is 4.79 Å². The van der Waals surface area contributed by atoms with Crippen LogP contribution in [0.15, 0.2) is 6.20 Å². The number of carbonyl (C=O) groups excluding carboxylic acids is 1. The predicted octanol–water partition coefficient (Wildman–Crippen LogP) is 2.47. The monoisotopic (exact) mass is 357 g/mol. The second-order valence-corrected chi connectivity index (χ2v) is 8.04. The topological polar surface area (TPSA) is 85.2 Å². The van der Waals surface area contributed by atoms with Crippen molar-refractivity contribution in [3.05, 3.63) is 17.7 Å². The molecule has 0 radical (unpaired) electrons. The average Bonchev–Trinajstić information content (AvgIpc) is 3.28. The number of H-pyrrole nitrogens is 1. The molecular weight excluding hydrogens is 330 g/mol. The third-order valence-corrected chi connectivity index (χ3v) is 6.45. The number of aromatic nitrogens is 2. The molecule has 1 aliphatic carbocycles. The van der Waals surface area contributed by atoms with Gasteiger partial charge in [-0.3, -0.25) is 0 Å². The van der Waals surface area contributed by atoms with Crippen molar-refractivity contribution >= 4 is 6.09 Å². The van der Waals surface area contributed by atoms with Gasteiger partial charge in [0.15, 0.2) is 0 Å². The Morgan fingerprint density at radius 1 is 1.42 bits per heavy atom. The summed E-state index contributed by atoms with van der Waals surface area (Å²) in [6, 6.07) is 2.77. The summed E-state index contributed by atoms with van der Waals surface area (Å²) >= 11 is 0. The fourth-order valence-corrected chi connectivity index (χ4v) is 4.98. The first-order valence-corrected chi connectivity index (χ1v) is 9.73. The third-order valence-electron chi connectivity index (χ3n) is 6.45. The Hall–Kier alpha value is -2.07. The molecule has 3 heterocycles. The Bertz CT molecular complexity index is 695. The number of aromatic amines is 1. The van der Waals surface area contributed by atoms with Crippen LogP contribution in [0.1, 0.15) is 56.5 Å². The molecule has 1 amide bonds. The van der Waals surface area contributed by atoms with Crippen LogP contribution in [0.25, 0.3) is 0 Å². The van der Waals surface area contributed by atoms with Crippen LogP contribution < -0.4 is 0 Å². The molecule has 4 rings (SSSR count). The normalized spacial score (nSPS) is 29.5. The molecule has 1 aromatic rings. The van der Waals surface area contributed by atoms with E-state index in [1.165, 1.54) is 12.8 Å². The summed E-state index contributed by atoms with van der Waals surface area (Å²) in [7, 11) is 0. The minimum atomic E-state index is -0.149. The lowest BCUT2D eigenvalue weighted by Gasteiger charge is -2.51. The van der Waals surface area contributed by atoms with Gasteiger partial charge in [0.05, 0.1) is 12.8 Å². The average molecular weight is 357 g/mol. The van der Waals surface area contributed by atoms with Crippen molar-refractivity contribution < 1.29 is 9.53 Å². The number of hydrogen-bond donors (Lipinski definition) is 1. The lowest BCUT2D eigenvalue weighted by Crippen LogP contribution is -2.54. The number of ether oxygens (including phenoxy) is 1. The molecule has 3 aliphatic rings. The van der Waals surface area contributed by atoms with Crippen LogP contribution in [0.3, 0.4) is 0 Å². The molecule has 1 spiro atoms. The van der Waals surface area contributed by atoms with E-state index >= 15 is 0 Å². The van der Waals surface area contributed by atoms with Gasteiger partial charge < -0.3 is 19.5 Å². The Morgan fingerprint density at radius 3 is 2.85 bits per heavy atom. The molecule has 1 saturated carbocycles. The van der Waals surface area contributed by atoms with Gasteiger partial charge in [0, 0.05) is 25.0 Å². The highest BCUT2D eigenvalue weighted by molar-refractivity contribution is 5.68. The standard InChI is InChI=1S/C19H27N5O2/c1-2-26-18(25)24-8-5-19(13-24)9-16(10-19)23-6-3-14(4-7-23)17-21-12-15(11-20)22-17/h12,14,16H,2-10,13H2,1H3,(H,21,22). The minimum absolute atomic E-state index is 0.149. The fourth-order valence-electron chi connectivity index (χ4n) is 4.98. The van der Waals surface area contributed by atoms with Crippen molar-refractivity contribution in [3.63, 3.8) is 0 Å².